The van der Waals surface area contributed by atoms with Crippen molar-refractivity contribution in [2.45, 2.75) is 0 Å². The third-order valence-corrected chi connectivity index (χ3v) is 7.99. The van der Waals surface area contributed by atoms with Gasteiger partial charge in [0.15, 0.2) is 13.6 Å². The summed E-state index contributed by atoms with van der Waals surface area (Å²) in [5.41, 5.74) is 0. The molecule has 0 aliphatic carbocycles. The lowest BCUT2D eigenvalue weighted by Gasteiger charge is -2.13. The Hall–Kier alpha value is -1.56. The maximum absolute atomic E-state index is 9.45. The number of phenolic OH excluding ortho intramolecular Hbond substituents is 2. The van der Waals surface area contributed by atoms with Gasteiger partial charge in [0.1, 0.15) is 23.0 Å². The molecule has 10 heteroatoms. The van der Waals surface area contributed by atoms with Crippen LogP contribution in [-0.2, 0) is 9.47 Å². The van der Waals surface area contributed by atoms with Gasteiger partial charge in [-0.2, -0.15) is 0 Å². The van der Waals surface area contributed by atoms with Gasteiger partial charge in [0.05, 0.1) is 17.9 Å². The van der Waals surface area contributed by atoms with Gasteiger partial charge >= 0.3 is 0 Å². The van der Waals surface area contributed by atoms with Crippen molar-refractivity contribution in [3.63, 3.8) is 0 Å². The van der Waals surface area contributed by atoms with Gasteiger partial charge in [-0.1, -0.05) is 0 Å². The van der Waals surface area contributed by atoms with Crippen LogP contribution >= 0.6 is 63.7 Å². The van der Waals surface area contributed by atoms with E-state index >= 15 is 0 Å². The standard InChI is InChI=1S/C14H14Br2O4.C10H6Br2O2/c1-17-7-19-11-5-3-10-9(13(11)15)4-6-12(14(10)16)20-8-18-2;11-9-5-1-3-7(13)10(12)6(5)2-4-8(9)14/h3-6H,7-8H2,1-2H3;1-4,13-14H. The van der Waals surface area contributed by atoms with Crippen molar-refractivity contribution in [2.75, 3.05) is 27.8 Å². The van der Waals surface area contributed by atoms with Crippen LogP contribution in [0.4, 0.5) is 0 Å². The minimum Gasteiger partial charge on any atom is -0.507 e. The van der Waals surface area contributed by atoms with Crippen LogP contribution < -0.4 is 9.47 Å². The summed E-state index contributed by atoms with van der Waals surface area (Å²) in [5.74, 6) is 1.85. The first kappa shape index (κ1) is 27.0. The minimum atomic E-state index is 0.190. The zero-order valence-corrected chi connectivity index (χ0v) is 24.4. The zero-order chi connectivity index (χ0) is 24.8. The molecule has 0 radical (unpaired) electrons. The fraction of sp³-hybridized carbons (Fsp3) is 0.167. The Kier molecular flexibility index (Phi) is 9.87. The summed E-state index contributed by atoms with van der Waals surface area (Å²) >= 11 is 13.7. The maximum Gasteiger partial charge on any atom is 0.188 e. The molecule has 2 N–H and O–H groups in total. The molecule has 0 aliphatic rings. The second kappa shape index (κ2) is 12.4. The predicted molar refractivity (Wildman–Crippen MR) is 147 cm³/mol. The molecule has 4 aromatic rings. The van der Waals surface area contributed by atoms with Gasteiger partial charge in [-0.3, -0.25) is 0 Å². The van der Waals surface area contributed by atoms with Crippen molar-refractivity contribution in [3.8, 4) is 23.0 Å². The molecule has 0 aliphatic heterocycles. The second-order valence-electron chi connectivity index (χ2n) is 6.84. The van der Waals surface area contributed by atoms with Crippen molar-refractivity contribution in [1.82, 2.24) is 0 Å². The van der Waals surface area contributed by atoms with Crippen molar-refractivity contribution in [1.29, 1.82) is 0 Å². The predicted octanol–water partition coefficient (Wildman–Crippen LogP) is 8.11. The van der Waals surface area contributed by atoms with Crippen molar-refractivity contribution < 1.29 is 29.2 Å². The number of ether oxygens (including phenoxy) is 4. The normalized spacial score (nSPS) is 10.8. The van der Waals surface area contributed by atoms with Crippen LogP contribution in [0.15, 0.2) is 66.4 Å². The molecule has 6 nitrogen and oxygen atoms in total. The lowest BCUT2D eigenvalue weighted by atomic mass is 10.1. The van der Waals surface area contributed by atoms with Gasteiger partial charge in [-0.25, -0.2) is 0 Å². The number of benzene rings is 4. The Labute approximate surface area is 230 Å². The Bertz CT molecular complexity index is 1210. The summed E-state index contributed by atoms with van der Waals surface area (Å²) in [6, 6.07) is 14.4. The van der Waals surface area contributed by atoms with Crippen molar-refractivity contribution in [2.24, 2.45) is 0 Å². The SMILES string of the molecule is COCOc1ccc2c(Br)c(OCOC)ccc2c1Br.Oc1ccc2c(Br)c(O)ccc2c1Br. The van der Waals surface area contributed by atoms with Gasteiger partial charge in [-0.05, 0) is 112 Å². The largest absolute Gasteiger partial charge is 0.507 e. The van der Waals surface area contributed by atoms with Crippen LogP contribution in [0.25, 0.3) is 21.5 Å². The van der Waals surface area contributed by atoms with Gasteiger partial charge in [0, 0.05) is 35.8 Å². The van der Waals surface area contributed by atoms with E-state index in [1.165, 1.54) is 0 Å². The van der Waals surface area contributed by atoms with E-state index in [4.69, 9.17) is 18.9 Å². The van der Waals surface area contributed by atoms with E-state index < -0.39 is 0 Å². The van der Waals surface area contributed by atoms with E-state index in [0.717, 1.165) is 42.0 Å². The third kappa shape index (κ3) is 5.98. The molecule has 0 saturated carbocycles. The van der Waals surface area contributed by atoms with Crippen LogP contribution in [0.5, 0.6) is 23.0 Å². The smallest absolute Gasteiger partial charge is 0.188 e. The van der Waals surface area contributed by atoms with Gasteiger partial charge in [0.2, 0.25) is 0 Å². The first-order chi connectivity index (χ1) is 16.3. The number of rotatable bonds is 6. The maximum atomic E-state index is 9.45. The highest BCUT2D eigenvalue weighted by atomic mass is 79.9. The lowest BCUT2D eigenvalue weighted by molar-refractivity contribution is 0.0503. The number of halogens is 4. The van der Waals surface area contributed by atoms with Gasteiger partial charge in [-0.15, -0.1) is 0 Å². The van der Waals surface area contributed by atoms with E-state index in [2.05, 4.69) is 63.7 Å². The Morgan fingerprint density at radius 1 is 0.529 bits per heavy atom. The summed E-state index contributed by atoms with van der Waals surface area (Å²) in [7, 11) is 3.18. The molecule has 4 rings (SSSR count). The topological polar surface area (TPSA) is 77.4 Å². The molecule has 0 saturated heterocycles. The molecule has 0 amide bonds. The molecular formula is C24H20Br4O6. The fourth-order valence-electron chi connectivity index (χ4n) is 3.07. The first-order valence-electron chi connectivity index (χ1n) is 9.73. The molecule has 0 atom stereocenters. The van der Waals surface area contributed by atoms with Gasteiger partial charge in [0.25, 0.3) is 0 Å². The summed E-state index contributed by atoms with van der Waals surface area (Å²) in [6.07, 6.45) is 0. The Balaban J connectivity index is 0.000000202. The second-order valence-corrected chi connectivity index (χ2v) is 10.0. The summed E-state index contributed by atoms with van der Waals surface area (Å²) in [4.78, 5) is 0. The monoisotopic (exact) mass is 720 g/mol. The molecule has 180 valence electrons. The first-order valence-corrected chi connectivity index (χ1v) is 12.9. The van der Waals surface area contributed by atoms with E-state index in [1.807, 2.05) is 24.3 Å². The van der Waals surface area contributed by atoms with E-state index in [1.54, 1.807) is 38.5 Å². The zero-order valence-electron chi connectivity index (χ0n) is 18.1. The van der Waals surface area contributed by atoms with Crippen LogP contribution in [0, 0.1) is 0 Å². The van der Waals surface area contributed by atoms with Crippen LogP contribution in [0.2, 0.25) is 0 Å². The number of hydrogen-bond acceptors (Lipinski definition) is 6. The highest BCUT2D eigenvalue weighted by molar-refractivity contribution is 9.11. The fourth-order valence-corrected chi connectivity index (χ4v) is 5.21. The van der Waals surface area contributed by atoms with E-state index in [0.29, 0.717) is 8.95 Å². The van der Waals surface area contributed by atoms with Crippen molar-refractivity contribution in [3.05, 3.63) is 66.4 Å². The van der Waals surface area contributed by atoms with E-state index in [-0.39, 0.29) is 25.1 Å². The van der Waals surface area contributed by atoms with Crippen LogP contribution in [0.1, 0.15) is 0 Å². The molecular weight excluding hydrogens is 704 g/mol. The third-order valence-electron chi connectivity index (χ3n) is 4.69. The molecule has 0 fully saturated rings. The van der Waals surface area contributed by atoms with Crippen molar-refractivity contribution >= 4 is 85.3 Å². The Morgan fingerprint density at radius 2 is 0.853 bits per heavy atom. The van der Waals surface area contributed by atoms with Crippen LogP contribution in [0.3, 0.4) is 0 Å². The Morgan fingerprint density at radius 3 is 1.21 bits per heavy atom. The number of aromatic hydroxyl groups is 2. The number of phenols is 2. The molecule has 0 aromatic heterocycles. The average molecular weight is 724 g/mol. The highest BCUT2D eigenvalue weighted by Crippen LogP contribution is 2.41. The average Bonchev–Trinajstić information content (AvgIpc) is 2.83. The minimum absolute atomic E-state index is 0.190. The molecule has 34 heavy (non-hydrogen) atoms. The highest BCUT2D eigenvalue weighted by Gasteiger charge is 2.12. The van der Waals surface area contributed by atoms with E-state index in [9.17, 15) is 10.2 Å². The summed E-state index contributed by atoms with van der Waals surface area (Å²) in [5, 5.41) is 22.7. The van der Waals surface area contributed by atoms with Crippen LogP contribution in [-0.4, -0.2) is 38.0 Å². The number of hydrogen-bond donors (Lipinski definition) is 2. The molecule has 0 heterocycles. The van der Waals surface area contributed by atoms with Gasteiger partial charge < -0.3 is 29.2 Å². The molecule has 4 aromatic carbocycles. The molecule has 0 unspecified atom stereocenters. The number of fused-ring (bicyclic) bond motifs is 2. The number of methoxy groups -OCH3 is 2. The summed E-state index contributed by atoms with van der Waals surface area (Å²) < 4.78 is 23.8. The molecule has 0 spiro atoms. The lowest BCUT2D eigenvalue weighted by Crippen LogP contribution is -2.01. The quantitative estimate of drug-likeness (QED) is 0.196. The summed E-state index contributed by atoms with van der Waals surface area (Å²) in [6.45, 7) is 0.417. The molecule has 0 bridgehead atoms.